The number of benzene rings is 1. The molecule has 0 saturated carbocycles. The van der Waals surface area contributed by atoms with Crippen LogP contribution in [0.15, 0.2) is 22.8 Å². The smallest absolute Gasteiger partial charge is 0.226 e. The topological polar surface area (TPSA) is 86.5 Å². The third-order valence-electron chi connectivity index (χ3n) is 3.72. The molecular weight excluding hydrogens is 298 g/mol. The van der Waals surface area contributed by atoms with Crippen LogP contribution in [0.2, 0.25) is 0 Å². The van der Waals surface area contributed by atoms with Gasteiger partial charge in [-0.05, 0) is 31.5 Å². The molecule has 7 nitrogen and oxygen atoms in total. The lowest BCUT2D eigenvalue weighted by molar-refractivity contribution is -0.121. The zero-order valence-corrected chi connectivity index (χ0v) is 13.2. The predicted octanol–water partition coefficient (Wildman–Crippen LogP) is 1.96. The summed E-state index contributed by atoms with van der Waals surface area (Å²) >= 11 is 0. The first-order valence-electron chi connectivity index (χ1n) is 7.60. The molecule has 0 bridgehead atoms. The number of hydrogen-bond donors (Lipinski definition) is 1. The molecule has 1 atom stereocenters. The zero-order valence-electron chi connectivity index (χ0n) is 13.2. The van der Waals surface area contributed by atoms with Gasteiger partial charge in [0, 0.05) is 6.42 Å². The van der Waals surface area contributed by atoms with Gasteiger partial charge in [0.25, 0.3) is 0 Å². The van der Waals surface area contributed by atoms with E-state index in [0.29, 0.717) is 24.6 Å². The number of aromatic nitrogens is 2. The molecule has 1 aliphatic heterocycles. The molecule has 2 heterocycles. The van der Waals surface area contributed by atoms with E-state index in [1.807, 2.05) is 25.1 Å². The normalized spacial score (nSPS) is 14.9. The fourth-order valence-electron chi connectivity index (χ4n) is 2.39. The van der Waals surface area contributed by atoms with Crippen molar-refractivity contribution in [3.8, 4) is 11.5 Å². The van der Waals surface area contributed by atoms with Gasteiger partial charge in [0.15, 0.2) is 11.5 Å². The van der Waals surface area contributed by atoms with Crippen molar-refractivity contribution in [3.63, 3.8) is 0 Å². The van der Waals surface area contributed by atoms with Gasteiger partial charge in [0.05, 0.1) is 25.7 Å². The van der Waals surface area contributed by atoms with Crippen LogP contribution < -0.4 is 14.8 Å². The van der Waals surface area contributed by atoms with Crippen LogP contribution in [0, 0.1) is 6.92 Å². The molecule has 1 unspecified atom stereocenters. The fourth-order valence-corrected chi connectivity index (χ4v) is 2.39. The van der Waals surface area contributed by atoms with Crippen molar-refractivity contribution in [2.24, 2.45) is 0 Å². The second-order valence-electron chi connectivity index (χ2n) is 5.52. The van der Waals surface area contributed by atoms with Gasteiger partial charge >= 0.3 is 0 Å². The van der Waals surface area contributed by atoms with Gasteiger partial charge in [0.1, 0.15) is 11.4 Å². The van der Waals surface area contributed by atoms with Gasteiger partial charge in [0.2, 0.25) is 5.91 Å². The number of hydrogen-bond acceptors (Lipinski definition) is 6. The van der Waals surface area contributed by atoms with Crippen molar-refractivity contribution >= 4 is 5.91 Å². The van der Waals surface area contributed by atoms with Gasteiger partial charge < -0.3 is 14.8 Å². The molecule has 3 rings (SSSR count). The average Bonchev–Trinajstić information content (AvgIpc) is 2.80. The van der Waals surface area contributed by atoms with E-state index in [0.717, 1.165) is 23.5 Å². The van der Waals surface area contributed by atoms with Crippen LogP contribution in [-0.4, -0.2) is 29.4 Å². The first-order valence-corrected chi connectivity index (χ1v) is 7.60. The Morgan fingerprint density at radius 1 is 1.26 bits per heavy atom. The highest BCUT2D eigenvalue weighted by atomic mass is 16.6. The molecule has 1 aliphatic rings. The Hall–Kier alpha value is -2.57. The zero-order chi connectivity index (χ0) is 16.2. The van der Waals surface area contributed by atoms with E-state index in [9.17, 15) is 4.79 Å². The van der Waals surface area contributed by atoms with Crippen molar-refractivity contribution in [3.05, 3.63) is 35.2 Å². The van der Waals surface area contributed by atoms with Crippen LogP contribution in [0.3, 0.4) is 0 Å². The van der Waals surface area contributed by atoms with Crippen molar-refractivity contribution in [2.75, 3.05) is 13.2 Å². The van der Waals surface area contributed by atoms with Crippen molar-refractivity contribution < 1.29 is 18.9 Å². The van der Waals surface area contributed by atoms with Gasteiger partial charge in [-0.3, -0.25) is 4.79 Å². The summed E-state index contributed by atoms with van der Waals surface area (Å²) in [6.07, 6.45) is 1.01. The Balaban J connectivity index is 1.66. The number of amides is 1. The summed E-state index contributed by atoms with van der Waals surface area (Å²) in [5.41, 5.74) is 2.13. The predicted molar refractivity (Wildman–Crippen MR) is 81.3 cm³/mol. The number of ether oxygens (including phenoxy) is 2. The second-order valence-corrected chi connectivity index (χ2v) is 5.52. The summed E-state index contributed by atoms with van der Waals surface area (Å²) in [6.45, 7) is 4.97. The highest BCUT2D eigenvalue weighted by molar-refractivity contribution is 5.78. The molecule has 1 aromatic heterocycles. The van der Waals surface area contributed by atoms with E-state index in [2.05, 4.69) is 20.3 Å². The molecule has 1 amide bonds. The molecule has 1 N–H and O–H groups in total. The maximum Gasteiger partial charge on any atom is 0.226 e. The van der Waals surface area contributed by atoms with Crippen LogP contribution in [-0.2, 0) is 11.2 Å². The summed E-state index contributed by atoms with van der Waals surface area (Å²) in [5.74, 6) is 1.33. The largest absolute Gasteiger partial charge is 0.490 e. The quantitative estimate of drug-likeness (QED) is 0.927. The lowest BCUT2D eigenvalue weighted by Crippen LogP contribution is -2.28. The number of aryl methyl sites for hydroxylation is 1. The maximum atomic E-state index is 12.1. The molecule has 122 valence electrons. The number of nitrogens with zero attached hydrogens (tertiary/aromatic N) is 2. The van der Waals surface area contributed by atoms with Crippen LogP contribution in [0.1, 0.15) is 36.3 Å². The molecule has 0 fully saturated rings. The Bertz CT molecular complexity index is 698. The van der Waals surface area contributed by atoms with Crippen molar-refractivity contribution in [1.82, 2.24) is 15.6 Å². The molecule has 1 aromatic carbocycles. The molecule has 0 radical (unpaired) electrons. The van der Waals surface area contributed by atoms with Crippen LogP contribution >= 0.6 is 0 Å². The summed E-state index contributed by atoms with van der Waals surface area (Å²) in [5, 5.41) is 10.3. The third-order valence-corrected chi connectivity index (χ3v) is 3.72. The van der Waals surface area contributed by atoms with Crippen LogP contribution in [0.4, 0.5) is 0 Å². The van der Waals surface area contributed by atoms with Crippen molar-refractivity contribution in [2.45, 2.75) is 32.7 Å². The molecular formula is C16H19N3O4. The highest BCUT2D eigenvalue weighted by Crippen LogP contribution is 2.32. The molecule has 0 aliphatic carbocycles. The standard InChI is InChI=1S/C16H19N3O4/c1-10(17-16(20)9-13-11(2)18-23-19-13)12-4-5-14-15(8-12)22-7-3-6-21-14/h4-5,8,10H,3,6-7,9H2,1-2H3,(H,17,20). The minimum atomic E-state index is -0.153. The number of carbonyl (C=O) groups is 1. The minimum absolute atomic E-state index is 0.136. The minimum Gasteiger partial charge on any atom is -0.490 e. The van der Waals surface area contributed by atoms with E-state index >= 15 is 0 Å². The maximum absolute atomic E-state index is 12.1. The second kappa shape index (κ2) is 6.68. The third kappa shape index (κ3) is 3.61. The van der Waals surface area contributed by atoms with Gasteiger partial charge in [-0.2, -0.15) is 0 Å². The Morgan fingerprint density at radius 3 is 2.78 bits per heavy atom. The Labute approximate surface area is 133 Å². The molecule has 0 saturated heterocycles. The van der Waals surface area contributed by atoms with E-state index in [4.69, 9.17) is 9.47 Å². The molecule has 0 spiro atoms. The first kappa shape index (κ1) is 15.3. The average molecular weight is 317 g/mol. The van der Waals surface area contributed by atoms with Crippen LogP contribution in [0.25, 0.3) is 0 Å². The van der Waals surface area contributed by atoms with Gasteiger partial charge in [-0.15, -0.1) is 0 Å². The van der Waals surface area contributed by atoms with Crippen molar-refractivity contribution in [1.29, 1.82) is 0 Å². The summed E-state index contributed by atoms with van der Waals surface area (Å²) in [7, 11) is 0. The SMILES string of the molecule is Cc1nonc1CC(=O)NC(C)c1ccc2c(c1)OCCCO2. The molecule has 23 heavy (non-hydrogen) atoms. The lowest BCUT2D eigenvalue weighted by atomic mass is 10.1. The van der Waals surface area contributed by atoms with E-state index in [1.165, 1.54) is 0 Å². The van der Waals surface area contributed by atoms with Crippen LogP contribution in [0.5, 0.6) is 11.5 Å². The van der Waals surface area contributed by atoms with Gasteiger partial charge in [-0.25, -0.2) is 4.63 Å². The fraction of sp³-hybridized carbons (Fsp3) is 0.438. The number of nitrogens with one attached hydrogen (secondary N) is 1. The summed E-state index contributed by atoms with van der Waals surface area (Å²) < 4.78 is 15.9. The summed E-state index contributed by atoms with van der Waals surface area (Å²) in [6, 6.07) is 5.57. The van der Waals surface area contributed by atoms with E-state index in [1.54, 1.807) is 6.92 Å². The number of rotatable bonds is 4. The van der Waals surface area contributed by atoms with Gasteiger partial charge in [-0.1, -0.05) is 16.4 Å². The monoisotopic (exact) mass is 317 g/mol. The lowest BCUT2D eigenvalue weighted by Gasteiger charge is -2.16. The number of fused-ring (bicyclic) bond motifs is 1. The summed E-state index contributed by atoms with van der Waals surface area (Å²) in [4.78, 5) is 12.1. The first-order chi connectivity index (χ1) is 11.1. The Kier molecular flexibility index (Phi) is 4.45. The molecule has 2 aromatic rings. The van der Waals surface area contributed by atoms with E-state index < -0.39 is 0 Å². The van der Waals surface area contributed by atoms with E-state index in [-0.39, 0.29) is 18.4 Å². The Morgan fingerprint density at radius 2 is 2.04 bits per heavy atom. The number of carbonyl (C=O) groups excluding carboxylic acids is 1. The molecule has 7 heteroatoms. The highest BCUT2D eigenvalue weighted by Gasteiger charge is 2.17.